The molecule has 1 fully saturated rings. The summed E-state index contributed by atoms with van der Waals surface area (Å²) >= 11 is 0. The van der Waals surface area contributed by atoms with Crippen LogP contribution < -0.4 is 4.74 Å². The molecule has 3 heterocycles. The molecule has 0 bridgehead atoms. The zero-order valence-electron chi connectivity index (χ0n) is 18.9. The van der Waals surface area contributed by atoms with Gasteiger partial charge in [0, 0.05) is 29.6 Å². The van der Waals surface area contributed by atoms with Crippen LogP contribution in [0.15, 0.2) is 30.5 Å². The van der Waals surface area contributed by atoms with E-state index in [9.17, 15) is 18.4 Å². The first-order valence-electron chi connectivity index (χ1n) is 10.9. The van der Waals surface area contributed by atoms with Crippen molar-refractivity contribution in [3.05, 3.63) is 41.9 Å². The summed E-state index contributed by atoms with van der Waals surface area (Å²) in [5, 5.41) is 9.87. The van der Waals surface area contributed by atoms with Gasteiger partial charge in [0.2, 0.25) is 5.82 Å². The Morgan fingerprint density at radius 1 is 1.18 bits per heavy atom. The third-order valence-electron chi connectivity index (χ3n) is 6.47. The minimum atomic E-state index is -4.60. The lowest BCUT2D eigenvalue weighted by atomic mass is 9.81. The third-order valence-corrected chi connectivity index (χ3v) is 6.47. The van der Waals surface area contributed by atoms with Gasteiger partial charge in [-0.25, -0.2) is 9.97 Å². The lowest BCUT2D eigenvalue weighted by Crippen LogP contribution is -2.41. The van der Waals surface area contributed by atoms with Gasteiger partial charge in [-0.05, 0) is 56.7 Å². The normalized spacial score (nSPS) is 16.6. The molecular formula is C24H26F3N5O. The molecule has 1 aliphatic rings. The second kappa shape index (κ2) is 8.67. The summed E-state index contributed by atoms with van der Waals surface area (Å²) in [7, 11) is 1.75. The van der Waals surface area contributed by atoms with Crippen LogP contribution in [-0.2, 0) is 13.2 Å². The molecule has 6 nitrogen and oxygen atoms in total. The molecule has 1 saturated heterocycles. The zero-order valence-corrected chi connectivity index (χ0v) is 18.9. The summed E-state index contributed by atoms with van der Waals surface area (Å²) in [6, 6.07) is 7.57. The van der Waals surface area contributed by atoms with Gasteiger partial charge in [-0.3, -0.25) is 0 Å². The van der Waals surface area contributed by atoms with Crippen molar-refractivity contribution in [3.63, 3.8) is 0 Å². The van der Waals surface area contributed by atoms with Gasteiger partial charge in [-0.15, -0.1) is 0 Å². The van der Waals surface area contributed by atoms with E-state index in [0.717, 1.165) is 38.5 Å². The van der Waals surface area contributed by atoms with E-state index >= 15 is 0 Å². The van der Waals surface area contributed by atoms with Crippen LogP contribution in [0.5, 0.6) is 5.75 Å². The van der Waals surface area contributed by atoms with E-state index in [1.807, 2.05) is 6.07 Å². The molecule has 0 saturated carbocycles. The fourth-order valence-electron chi connectivity index (χ4n) is 4.24. The molecule has 0 aliphatic carbocycles. The number of halogens is 3. The molecule has 0 atom stereocenters. The number of aryl methyl sites for hydroxylation is 1. The summed E-state index contributed by atoms with van der Waals surface area (Å²) in [6.07, 6.45) is -1.11. The van der Waals surface area contributed by atoms with Crippen LogP contribution in [0.4, 0.5) is 13.2 Å². The molecule has 4 rings (SSSR count). The highest BCUT2D eigenvalue weighted by Crippen LogP contribution is 2.41. The molecule has 1 aromatic carbocycles. The van der Waals surface area contributed by atoms with Gasteiger partial charge in [0.25, 0.3) is 0 Å². The monoisotopic (exact) mass is 457 g/mol. The Kier molecular flexibility index (Phi) is 6.06. The van der Waals surface area contributed by atoms with Gasteiger partial charge < -0.3 is 14.2 Å². The molecule has 1 aliphatic heterocycles. The second-order valence-corrected chi connectivity index (χ2v) is 8.91. The van der Waals surface area contributed by atoms with Crippen molar-refractivity contribution in [2.75, 3.05) is 26.2 Å². The third kappa shape index (κ3) is 4.67. The Balaban J connectivity index is 1.68. The van der Waals surface area contributed by atoms with Crippen molar-refractivity contribution in [1.82, 2.24) is 19.4 Å². The number of hydrogen-bond donors (Lipinski definition) is 0. The number of piperidine rings is 1. The smallest absolute Gasteiger partial charge is 0.419 e. The summed E-state index contributed by atoms with van der Waals surface area (Å²) in [4.78, 5) is 10.7. The summed E-state index contributed by atoms with van der Waals surface area (Å²) in [6.45, 7) is 7.21. The van der Waals surface area contributed by atoms with E-state index in [0.29, 0.717) is 11.0 Å². The van der Waals surface area contributed by atoms with E-state index in [1.54, 1.807) is 29.9 Å². The molecule has 2 aromatic heterocycles. The minimum Gasteiger partial charge on any atom is -0.492 e. The van der Waals surface area contributed by atoms with Gasteiger partial charge in [-0.2, -0.15) is 18.4 Å². The predicted molar refractivity (Wildman–Crippen MR) is 119 cm³/mol. The maximum absolute atomic E-state index is 14.0. The number of nitriles is 1. The fourth-order valence-corrected chi connectivity index (χ4v) is 4.24. The standard InChI is InChI=1S/C24H26F3N5O/c1-4-32-11-8-23(2,9-12-32)15-33-19-6-5-16(13-18(19)24(25,26)27)21-17-7-10-31(3)22(17)30-20(14-28)29-21/h5-7,10,13H,4,8-9,11-12,15H2,1-3H3. The lowest BCUT2D eigenvalue weighted by Gasteiger charge is -2.38. The van der Waals surface area contributed by atoms with Crippen molar-refractivity contribution in [2.45, 2.75) is 32.9 Å². The van der Waals surface area contributed by atoms with E-state index in [-0.39, 0.29) is 34.9 Å². The second-order valence-electron chi connectivity index (χ2n) is 8.91. The van der Waals surface area contributed by atoms with Crippen molar-refractivity contribution >= 4 is 11.0 Å². The van der Waals surface area contributed by atoms with Crippen molar-refractivity contribution in [3.8, 4) is 23.1 Å². The Morgan fingerprint density at radius 3 is 2.55 bits per heavy atom. The Labute approximate surface area is 190 Å². The Bertz CT molecular complexity index is 1200. The van der Waals surface area contributed by atoms with E-state index < -0.39 is 11.7 Å². The number of nitrogens with zero attached hydrogens (tertiary/aromatic N) is 5. The van der Waals surface area contributed by atoms with Crippen LogP contribution in [0.3, 0.4) is 0 Å². The molecule has 3 aromatic rings. The van der Waals surface area contributed by atoms with E-state index in [4.69, 9.17) is 4.74 Å². The largest absolute Gasteiger partial charge is 0.492 e. The quantitative estimate of drug-likeness (QED) is 0.538. The molecule has 33 heavy (non-hydrogen) atoms. The number of likely N-dealkylation sites (tertiary alicyclic amines) is 1. The van der Waals surface area contributed by atoms with Crippen LogP contribution in [0.2, 0.25) is 0 Å². The van der Waals surface area contributed by atoms with Crippen molar-refractivity contribution < 1.29 is 17.9 Å². The topological polar surface area (TPSA) is 67.0 Å². The minimum absolute atomic E-state index is 0.0977. The SMILES string of the molecule is CCN1CCC(C)(COc2ccc(-c3nc(C#N)nc4c3ccn4C)cc2C(F)(F)F)CC1. The van der Waals surface area contributed by atoms with Gasteiger partial charge in [0.1, 0.15) is 17.5 Å². The number of hydrogen-bond acceptors (Lipinski definition) is 5. The highest BCUT2D eigenvalue weighted by atomic mass is 19.4. The number of alkyl halides is 3. The number of ether oxygens (including phenoxy) is 1. The van der Waals surface area contributed by atoms with E-state index in [2.05, 4.69) is 28.7 Å². The first-order valence-corrected chi connectivity index (χ1v) is 10.9. The fraction of sp³-hybridized carbons (Fsp3) is 0.458. The number of fused-ring (bicyclic) bond motifs is 1. The molecule has 0 N–H and O–H groups in total. The van der Waals surface area contributed by atoms with Crippen molar-refractivity contribution in [1.29, 1.82) is 5.26 Å². The highest BCUT2D eigenvalue weighted by Gasteiger charge is 2.36. The predicted octanol–water partition coefficient (Wildman–Crippen LogP) is 5.03. The average Bonchev–Trinajstić information content (AvgIpc) is 3.17. The molecule has 0 amide bonds. The van der Waals surface area contributed by atoms with Crippen molar-refractivity contribution in [2.24, 2.45) is 12.5 Å². The summed E-state index contributed by atoms with van der Waals surface area (Å²) < 4.78 is 49.4. The molecule has 9 heteroatoms. The number of aromatic nitrogens is 3. The Hall–Kier alpha value is -3.12. The zero-order chi connectivity index (χ0) is 23.8. The van der Waals surface area contributed by atoms with Crippen LogP contribution in [0.25, 0.3) is 22.3 Å². The van der Waals surface area contributed by atoms with Gasteiger partial charge in [-0.1, -0.05) is 13.8 Å². The molecule has 0 unspecified atom stereocenters. The van der Waals surface area contributed by atoms with Crippen LogP contribution in [0, 0.1) is 16.7 Å². The van der Waals surface area contributed by atoms with Crippen LogP contribution in [-0.4, -0.2) is 45.7 Å². The molecular weight excluding hydrogens is 431 g/mol. The summed E-state index contributed by atoms with van der Waals surface area (Å²) in [5.41, 5.74) is 0.00511. The summed E-state index contributed by atoms with van der Waals surface area (Å²) in [5.74, 6) is -0.288. The first kappa shape index (κ1) is 23.1. The number of rotatable bonds is 5. The molecule has 0 spiro atoms. The lowest BCUT2D eigenvalue weighted by molar-refractivity contribution is -0.139. The number of benzene rings is 1. The van der Waals surface area contributed by atoms with Crippen LogP contribution >= 0.6 is 0 Å². The first-order chi connectivity index (χ1) is 15.6. The van der Waals surface area contributed by atoms with Gasteiger partial charge >= 0.3 is 6.18 Å². The maximum Gasteiger partial charge on any atom is 0.419 e. The van der Waals surface area contributed by atoms with Gasteiger partial charge in [0.15, 0.2) is 0 Å². The average molecular weight is 458 g/mol. The van der Waals surface area contributed by atoms with Crippen LogP contribution in [0.1, 0.15) is 38.1 Å². The van der Waals surface area contributed by atoms with E-state index in [1.165, 1.54) is 6.07 Å². The molecule has 174 valence electrons. The molecule has 0 radical (unpaired) electrons. The van der Waals surface area contributed by atoms with Gasteiger partial charge in [0.05, 0.1) is 17.9 Å². The maximum atomic E-state index is 14.0. The highest BCUT2D eigenvalue weighted by molar-refractivity contribution is 5.91. The Morgan fingerprint density at radius 2 is 1.91 bits per heavy atom.